The molecule has 3 N–H and O–H groups in total. The summed E-state index contributed by atoms with van der Waals surface area (Å²) < 4.78 is 28.9. The number of pyridine rings is 1. The Bertz CT molecular complexity index is 1360. The number of aromatic nitrogens is 3. The van der Waals surface area contributed by atoms with E-state index >= 15 is 0 Å². The second kappa shape index (κ2) is 7.29. The van der Waals surface area contributed by atoms with E-state index in [0.717, 1.165) is 0 Å². The van der Waals surface area contributed by atoms with Gasteiger partial charge in [0.05, 0.1) is 26.1 Å². The number of hydrogen-bond acceptors (Lipinski definition) is 7. The Kier molecular flexibility index (Phi) is 4.93. The summed E-state index contributed by atoms with van der Waals surface area (Å²) >= 11 is 7.16. The van der Waals surface area contributed by atoms with Gasteiger partial charge >= 0.3 is 5.97 Å². The number of carboxylic acid groups (broad SMARTS) is 1. The monoisotopic (exact) mass is 450 g/mol. The fourth-order valence-corrected chi connectivity index (χ4v) is 5.74. The van der Waals surface area contributed by atoms with Crippen LogP contribution < -0.4 is 5.73 Å². The zero-order chi connectivity index (χ0) is 20.8. The molecule has 8 nitrogen and oxygen atoms in total. The average Bonchev–Trinajstić information content (AvgIpc) is 3.19. The number of benzene rings is 1. The molecule has 0 amide bonds. The standard InChI is InChI=1S/C18H15ClN4O4S2/c19-16-7-6-14-13(21-16)8-10(2-1-3-17(24)25)23(14)29(26,27)11-4-5-12-15(9-11)28-18(20)22-12/h4-9H,1-3H2,(H2,20,22)(H,24,25). The molecular weight excluding hydrogens is 436 g/mol. The number of thiazole rings is 1. The lowest BCUT2D eigenvalue weighted by molar-refractivity contribution is -0.137. The van der Waals surface area contributed by atoms with Crippen LogP contribution in [0.1, 0.15) is 18.5 Å². The third-order valence-corrected chi connectivity index (χ3v) is 7.21. The van der Waals surface area contributed by atoms with E-state index in [0.29, 0.717) is 38.5 Å². The number of hydrogen-bond donors (Lipinski definition) is 2. The van der Waals surface area contributed by atoms with Crippen LogP contribution in [0.4, 0.5) is 5.13 Å². The van der Waals surface area contributed by atoms with Crippen LogP contribution in [0.15, 0.2) is 41.3 Å². The fourth-order valence-electron chi connectivity index (χ4n) is 3.16. The summed E-state index contributed by atoms with van der Waals surface area (Å²) in [6.45, 7) is 0. The second-order valence-corrected chi connectivity index (χ2v) is 9.61. The Labute approximate surface area is 174 Å². The van der Waals surface area contributed by atoms with Crippen LogP contribution in [-0.4, -0.2) is 33.4 Å². The van der Waals surface area contributed by atoms with Crippen molar-refractivity contribution in [1.29, 1.82) is 0 Å². The third kappa shape index (κ3) is 3.66. The predicted octanol–water partition coefficient (Wildman–Crippen LogP) is 3.53. The summed E-state index contributed by atoms with van der Waals surface area (Å²) in [7, 11) is -3.97. The van der Waals surface area contributed by atoms with Crippen molar-refractivity contribution in [2.24, 2.45) is 0 Å². The summed E-state index contributed by atoms with van der Waals surface area (Å²) in [6.07, 6.45) is 0.483. The molecule has 0 fully saturated rings. The highest BCUT2D eigenvalue weighted by molar-refractivity contribution is 7.90. The number of nitrogens with two attached hydrogens (primary N) is 1. The zero-order valence-corrected chi connectivity index (χ0v) is 17.3. The van der Waals surface area contributed by atoms with Gasteiger partial charge in [0.2, 0.25) is 0 Å². The highest BCUT2D eigenvalue weighted by Crippen LogP contribution is 2.30. The quantitative estimate of drug-likeness (QED) is 0.430. The van der Waals surface area contributed by atoms with Crippen LogP contribution in [0.3, 0.4) is 0 Å². The van der Waals surface area contributed by atoms with Crippen LogP contribution >= 0.6 is 22.9 Å². The second-order valence-electron chi connectivity index (χ2n) is 6.37. The van der Waals surface area contributed by atoms with Gasteiger partial charge in [-0.15, -0.1) is 0 Å². The summed E-state index contributed by atoms with van der Waals surface area (Å²) in [4.78, 5) is 19.3. The van der Waals surface area contributed by atoms with Gasteiger partial charge in [0, 0.05) is 12.1 Å². The summed E-state index contributed by atoms with van der Waals surface area (Å²) in [5, 5.41) is 9.50. The van der Waals surface area contributed by atoms with Crippen molar-refractivity contribution in [2.45, 2.75) is 24.2 Å². The van der Waals surface area contributed by atoms with E-state index in [4.69, 9.17) is 22.4 Å². The van der Waals surface area contributed by atoms with Crippen LogP contribution in [0, 0.1) is 0 Å². The number of fused-ring (bicyclic) bond motifs is 2. The smallest absolute Gasteiger partial charge is 0.303 e. The normalized spacial score (nSPS) is 12.0. The molecule has 3 heterocycles. The van der Waals surface area contributed by atoms with Crippen LogP contribution in [-0.2, 0) is 21.2 Å². The molecule has 3 aromatic heterocycles. The minimum absolute atomic E-state index is 0.0676. The Balaban J connectivity index is 1.87. The first-order valence-corrected chi connectivity index (χ1v) is 11.2. The molecular formula is C18H15ClN4O4S2. The Morgan fingerprint density at radius 1 is 1.17 bits per heavy atom. The number of anilines is 1. The number of nitrogen functional groups attached to an aromatic ring is 1. The van der Waals surface area contributed by atoms with Gasteiger partial charge in [-0.25, -0.2) is 22.4 Å². The molecule has 11 heteroatoms. The average molecular weight is 451 g/mol. The summed E-state index contributed by atoms with van der Waals surface area (Å²) in [5.74, 6) is -0.940. The highest BCUT2D eigenvalue weighted by atomic mass is 35.5. The largest absolute Gasteiger partial charge is 0.481 e. The van der Waals surface area contributed by atoms with E-state index in [1.807, 2.05) is 0 Å². The Morgan fingerprint density at radius 3 is 2.72 bits per heavy atom. The lowest BCUT2D eigenvalue weighted by Gasteiger charge is -2.12. The molecule has 0 aliphatic heterocycles. The van der Waals surface area contributed by atoms with Crippen molar-refractivity contribution in [3.63, 3.8) is 0 Å². The maximum absolute atomic E-state index is 13.5. The first-order chi connectivity index (χ1) is 13.8. The molecule has 0 saturated carbocycles. The molecule has 29 heavy (non-hydrogen) atoms. The zero-order valence-electron chi connectivity index (χ0n) is 14.9. The number of nitrogens with zero attached hydrogens (tertiary/aromatic N) is 3. The number of carbonyl (C=O) groups is 1. The SMILES string of the molecule is Nc1nc2ccc(S(=O)(=O)n3c(CCCC(=O)O)cc4nc(Cl)ccc43)cc2s1. The van der Waals surface area contributed by atoms with Crippen molar-refractivity contribution < 1.29 is 18.3 Å². The Morgan fingerprint density at radius 2 is 1.97 bits per heavy atom. The lowest BCUT2D eigenvalue weighted by Crippen LogP contribution is -2.16. The van der Waals surface area contributed by atoms with E-state index in [2.05, 4.69) is 9.97 Å². The topological polar surface area (TPSA) is 128 Å². The van der Waals surface area contributed by atoms with Gasteiger partial charge in [0.15, 0.2) is 5.13 Å². The minimum atomic E-state index is -3.97. The number of aryl methyl sites for hydroxylation is 1. The molecule has 4 aromatic rings. The van der Waals surface area contributed by atoms with E-state index in [1.165, 1.54) is 33.5 Å². The number of halogens is 1. The van der Waals surface area contributed by atoms with Crippen LogP contribution in [0.5, 0.6) is 0 Å². The highest BCUT2D eigenvalue weighted by Gasteiger charge is 2.24. The van der Waals surface area contributed by atoms with Gasteiger partial charge in [-0.2, -0.15) is 0 Å². The maximum atomic E-state index is 13.5. The molecule has 150 valence electrons. The van der Waals surface area contributed by atoms with Crippen molar-refractivity contribution >= 4 is 65.3 Å². The Hall–Kier alpha value is -2.69. The molecule has 0 bridgehead atoms. The summed E-state index contributed by atoms with van der Waals surface area (Å²) in [5.41, 5.74) is 7.59. The molecule has 0 aliphatic carbocycles. The van der Waals surface area contributed by atoms with Crippen molar-refractivity contribution in [2.75, 3.05) is 5.73 Å². The molecule has 4 rings (SSSR count). The molecule has 0 radical (unpaired) electrons. The first-order valence-electron chi connectivity index (χ1n) is 8.56. The fraction of sp³-hybridized carbons (Fsp3) is 0.167. The molecule has 0 aliphatic rings. The van der Waals surface area contributed by atoms with Crippen molar-refractivity contribution in [3.05, 3.63) is 47.2 Å². The van der Waals surface area contributed by atoms with Gasteiger partial charge in [-0.3, -0.25) is 4.79 Å². The molecule has 0 saturated heterocycles. The molecule has 0 spiro atoms. The molecule has 0 atom stereocenters. The first kappa shape index (κ1) is 19.6. The van der Waals surface area contributed by atoms with E-state index in [-0.39, 0.29) is 22.9 Å². The van der Waals surface area contributed by atoms with Gasteiger partial charge in [-0.1, -0.05) is 22.9 Å². The molecule has 0 unspecified atom stereocenters. The van der Waals surface area contributed by atoms with E-state index in [9.17, 15) is 13.2 Å². The minimum Gasteiger partial charge on any atom is -0.481 e. The van der Waals surface area contributed by atoms with E-state index < -0.39 is 16.0 Å². The number of aliphatic carboxylic acids is 1. The number of rotatable bonds is 6. The van der Waals surface area contributed by atoms with Gasteiger partial charge < -0.3 is 10.8 Å². The summed E-state index contributed by atoms with van der Waals surface area (Å²) in [6, 6.07) is 9.36. The van der Waals surface area contributed by atoms with E-state index in [1.54, 1.807) is 18.2 Å². The lowest BCUT2D eigenvalue weighted by atomic mass is 10.2. The van der Waals surface area contributed by atoms with Gasteiger partial charge in [-0.05, 0) is 49.2 Å². The molecule has 1 aromatic carbocycles. The van der Waals surface area contributed by atoms with Gasteiger partial charge in [0.25, 0.3) is 10.0 Å². The van der Waals surface area contributed by atoms with Crippen molar-refractivity contribution in [1.82, 2.24) is 13.9 Å². The van der Waals surface area contributed by atoms with Crippen LogP contribution in [0.25, 0.3) is 21.3 Å². The maximum Gasteiger partial charge on any atom is 0.303 e. The third-order valence-electron chi connectivity index (χ3n) is 4.39. The number of carboxylic acids is 1. The van der Waals surface area contributed by atoms with Crippen molar-refractivity contribution in [3.8, 4) is 0 Å². The predicted molar refractivity (Wildman–Crippen MR) is 112 cm³/mol. The van der Waals surface area contributed by atoms with Gasteiger partial charge in [0.1, 0.15) is 5.15 Å². The van der Waals surface area contributed by atoms with Crippen LogP contribution in [0.2, 0.25) is 5.15 Å².